The van der Waals surface area contributed by atoms with Crippen molar-refractivity contribution in [3.05, 3.63) is 104 Å². The van der Waals surface area contributed by atoms with Gasteiger partial charge in [0, 0.05) is 63.3 Å². The molecule has 1 fully saturated rings. The summed E-state index contributed by atoms with van der Waals surface area (Å²) in [7, 11) is 3.57. The van der Waals surface area contributed by atoms with Crippen molar-refractivity contribution in [1.29, 1.82) is 0 Å². The van der Waals surface area contributed by atoms with Crippen LogP contribution in [0.2, 0.25) is 0 Å². The zero-order valence-corrected chi connectivity index (χ0v) is 34.0. The van der Waals surface area contributed by atoms with E-state index in [2.05, 4.69) is 46.5 Å². The first-order chi connectivity index (χ1) is 26.6. The predicted octanol–water partition coefficient (Wildman–Crippen LogP) is 6.34. The van der Waals surface area contributed by atoms with E-state index < -0.39 is 12.1 Å². The molecule has 1 aliphatic rings. The van der Waals surface area contributed by atoms with Crippen LogP contribution in [0.1, 0.15) is 65.7 Å². The molecule has 12 nitrogen and oxygen atoms in total. The standard InChI is InChI=1S/C41H55N7O5S2/c1-30(2)38-43-34(28-54-38)26-46(3)40(50)45-37(17-18-48-19-21-52-22-20-48)39(49)47(4)35(24-32-13-9-6-10-14-32)16-15-33(23-31-11-7-5-8-12-31)44-41(51)53-27-36-25-42-29-55-36/h5-14,25,28-30,33,35,37H,15-24,26-27H2,1-4H3,(H,44,51)(H,45,50)/t33-,35-,37+/m1/s1. The second kappa shape index (κ2) is 21.6. The normalized spacial score (nSPS) is 14.9. The van der Waals surface area contributed by atoms with Crippen molar-refractivity contribution in [2.45, 2.75) is 83.1 Å². The van der Waals surface area contributed by atoms with Gasteiger partial charge in [0.1, 0.15) is 12.6 Å². The Balaban J connectivity index is 1.31. The Bertz CT molecular complexity index is 1740. The molecule has 5 rings (SSSR count). The lowest BCUT2D eigenvalue weighted by molar-refractivity contribution is -0.134. The average Bonchev–Trinajstić information content (AvgIpc) is 3.91. The molecule has 14 heteroatoms. The van der Waals surface area contributed by atoms with Crippen LogP contribution in [0.15, 0.2) is 77.8 Å². The maximum atomic E-state index is 14.6. The quantitative estimate of drug-likeness (QED) is 0.113. The fraction of sp³-hybridized carbons (Fsp3) is 0.488. The molecule has 2 N–H and O–H groups in total. The van der Waals surface area contributed by atoms with Gasteiger partial charge in [0.25, 0.3) is 0 Å². The van der Waals surface area contributed by atoms with Gasteiger partial charge in [-0.05, 0) is 43.2 Å². The number of aromatic nitrogens is 2. The van der Waals surface area contributed by atoms with Gasteiger partial charge in [-0.1, -0.05) is 74.5 Å². The van der Waals surface area contributed by atoms with Crippen molar-refractivity contribution in [2.24, 2.45) is 0 Å². The van der Waals surface area contributed by atoms with Crippen LogP contribution in [0.5, 0.6) is 0 Å². The van der Waals surface area contributed by atoms with Crippen LogP contribution < -0.4 is 10.6 Å². The molecule has 4 amide bonds. The van der Waals surface area contributed by atoms with E-state index >= 15 is 0 Å². The zero-order chi connectivity index (χ0) is 39.0. The minimum Gasteiger partial charge on any atom is -0.444 e. The molecular weight excluding hydrogens is 735 g/mol. The Kier molecular flexibility index (Phi) is 16.4. The van der Waals surface area contributed by atoms with Crippen molar-refractivity contribution >= 4 is 40.7 Å². The monoisotopic (exact) mass is 789 g/mol. The lowest BCUT2D eigenvalue weighted by Gasteiger charge is -2.34. The van der Waals surface area contributed by atoms with Crippen LogP contribution in [0.3, 0.4) is 0 Å². The third kappa shape index (κ3) is 13.7. The van der Waals surface area contributed by atoms with E-state index in [-0.39, 0.29) is 30.6 Å². The first-order valence-electron chi connectivity index (χ1n) is 19.1. The predicted molar refractivity (Wildman–Crippen MR) is 217 cm³/mol. The molecule has 2 aromatic heterocycles. The zero-order valence-electron chi connectivity index (χ0n) is 32.4. The number of amides is 4. The summed E-state index contributed by atoms with van der Waals surface area (Å²) in [4.78, 5) is 56.6. The van der Waals surface area contributed by atoms with Crippen molar-refractivity contribution < 1.29 is 23.9 Å². The van der Waals surface area contributed by atoms with E-state index in [1.54, 1.807) is 39.9 Å². The van der Waals surface area contributed by atoms with Crippen LogP contribution in [0.4, 0.5) is 9.59 Å². The van der Waals surface area contributed by atoms with Crippen LogP contribution >= 0.6 is 22.7 Å². The molecule has 0 radical (unpaired) electrons. The number of carbonyl (C=O) groups excluding carboxylic acids is 3. The van der Waals surface area contributed by atoms with Crippen LogP contribution in [-0.2, 0) is 40.3 Å². The highest BCUT2D eigenvalue weighted by Crippen LogP contribution is 2.21. The lowest BCUT2D eigenvalue weighted by atomic mass is 9.94. The van der Waals surface area contributed by atoms with Gasteiger partial charge in [0.2, 0.25) is 5.91 Å². The Morgan fingerprint density at radius 2 is 1.60 bits per heavy atom. The number of benzene rings is 2. The maximum Gasteiger partial charge on any atom is 0.407 e. The van der Waals surface area contributed by atoms with Gasteiger partial charge in [-0.25, -0.2) is 14.6 Å². The molecule has 0 unspecified atom stereocenters. The summed E-state index contributed by atoms with van der Waals surface area (Å²) in [5, 5.41) is 9.21. The average molecular weight is 790 g/mol. The number of hydrogen-bond donors (Lipinski definition) is 2. The Hall–Kier alpha value is -4.37. The first kappa shape index (κ1) is 41.8. The molecule has 2 aromatic carbocycles. The number of likely N-dealkylation sites (N-methyl/N-ethyl adjacent to an activating group) is 1. The number of nitrogens with one attached hydrogen (secondary N) is 2. The molecule has 55 heavy (non-hydrogen) atoms. The second-order valence-electron chi connectivity index (χ2n) is 14.4. The van der Waals surface area contributed by atoms with Crippen LogP contribution in [0, 0.1) is 0 Å². The summed E-state index contributed by atoms with van der Waals surface area (Å²) in [6, 6.07) is 18.6. The topological polar surface area (TPSA) is 129 Å². The van der Waals surface area contributed by atoms with Crippen molar-refractivity contribution in [3.63, 3.8) is 0 Å². The molecule has 1 saturated heterocycles. The minimum atomic E-state index is -0.748. The largest absolute Gasteiger partial charge is 0.444 e. The minimum absolute atomic E-state index is 0.150. The summed E-state index contributed by atoms with van der Waals surface area (Å²) in [5.41, 5.74) is 4.73. The van der Waals surface area contributed by atoms with E-state index in [0.717, 1.165) is 39.8 Å². The van der Waals surface area contributed by atoms with Gasteiger partial charge in [-0.3, -0.25) is 14.7 Å². The number of ether oxygens (including phenoxy) is 2. The Labute approximate surface area is 333 Å². The van der Waals surface area contributed by atoms with Crippen molar-refractivity contribution in [1.82, 2.24) is 35.3 Å². The van der Waals surface area contributed by atoms with Crippen LogP contribution in [0.25, 0.3) is 0 Å². The summed E-state index contributed by atoms with van der Waals surface area (Å²) >= 11 is 3.03. The van der Waals surface area contributed by atoms with Crippen molar-refractivity contribution in [3.8, 4) is 0 Å². The molecule has 3 atom stereocenters. The molecule has 1 aliphatic heterocycles. The van der Waals surface area contributed by atoms with Gasteiger partial charge in [-0.15, -0.1) is 22.7 Å². The molecule has 0 aliphatic carbocycles. The molecule has 0 saturated carbocycles. The Morgan fingerprint density at radius 3 is 2.24 bits per heavy atom. The maximum absolute atomic E-state index is 14.6. The van der Waals surface area contributed by atoms with Gasteiger partial charge in [0.15, 0.2) is 0 Å². The number of morpholine rings is 1. The number of carbonyl (C=O) groups is 3. The summed E-state index contributed by atoms with van der Waals surface area (Å²) in [5.74, 6) is 0.162. The number of rotatable bonds is 19. The van der Waals surface area contributed by atoms with Gasteiger partial charge < -0.3 is 29.9 Å². The van der Waals surface area contributed by atoms with E-state index in [1.807, 2.05) is 61.0 Å². The highest BCUT2D eigenvalue weighted by molar-refractivity contribution is 7.09. The number of urea groups is 1. The van der Waals surface area contributed by atoms with Crippen molar-refractivity contribution in [2.75, 3.05) is 46.9 Å². The van der Waals surface area contributed by atoms with Gasteiger partial charge in [0.05, 0.1) is 40.8 Å². The molecule has 0 bridgehead atoms. The third-order valence-corrected chi connectivity index (χ3v) is 11.7. The van der Waals surface area contributed by atoms with E-state index in [9.17, 15) is 14.4 Å². The molecule has 4 aromatic rings. The van der Waals surface area contributed by atoms with E-state index in [0.29, 0.717) is 64.3 Å². The third-order valence-electron chi connectivity index (χ3n) is 9.78. The lowest BCUT2D eigenvalue weighted by Crippen LogP contribution is -2.54. The fourth-order valence-corrected chi connectivity index (χ4v) is 7.88. The molecule has 3 heterocycles. The fourth-order valence-electron chi connectivity index (χ4n) is 6.55. The summed E-state index contributed by atoms with van der Waals surface area (Å²) in [6.07, 6.45) is 4.08. The number of thiazole rings is 2. The molecule has 0 spiro atoms. The highest BCUT2D eigenvalue weighted by atomic mass is 32.1. The van der Waals surface area contributed by atoms with Gasteiger partial charge >= 0.3 is 12.1 Å². The molecule has 296 valence electrons. The smallest absolute Gasteiger partial charge is 0.407 e. The number of hydrogen-bond acceptors (Lipinski definition) is 10. The second-order valence-corrected chi connectivity index (χ2v) is 16.2. The molecular formula is C41H55N7O5S2. The number of alkyl carbamates (subject to hydrolysis) is 1. The Morgan fingerprint density at radius 1 is 0.909 bits per heavy atom. The number of nitrogens with zero attached hydrogens (tertiary/aromatic N) is 5. The summed E-state index contributed by atoms with van der Waals surface area (Å²) < 4.78 is 11.1. The summed E-state index contributed by atoms with van der Waals surface area (Å²) in [6.45, 7) is 8.21. The highest BCUT2D eigenvalue weighted by Gasteiger charge is 2.31. The van der Waals surface area contributed by atoms with Crippen LogP contribution in [-0.4, -0.2) is 108 Å². The van der Waals surface area contributed by atoms with E-state index in [1.165, 1.54) is 11.3 Å². The first-order valence-corrected chi connectivity index (χ1v) is 20.8. The van der Waals surface area contributed by atoms with E-state index in [4.69, 9.17) is 14.5 Å². The van der Waals surface area contributed by atoms with Gasteiger partial charge in [-0.2, -0.15) is 0 Å². The SMILES string of the molecule is CC(C)c1nc(CN(C)C(=O)N[C@@H](CCN2CCOCC2)C(=O)N(C)[C@H](CC[C@H](Cc2ccccc2)NC(=O)OCc2cncs2)Cc2ccccc2)cs1.